The molecule has 0 saturated heterocycles. The van der Waals surface area contributed by atoms with Crippen LogP contribution in [0.4, 0.5) is 0 Å². The van der Waals surface area contributed by atoms with Gasteiger partial charge in [0.15, 0.2) is 0 Å². The Kier molecular flexibility index (Phi) is 3.82. The summed E-state index contributed by atoms with van der Waals surface area (Å²) < 4.78 is 2.60. The van der Waals surface area contributed by atoms with Crippen molar-refractivity contribution in [1.82, 2.24) is 4.98 Å². The van der Waals surface area contributed by atoms with Crippen molar-refractivity contribution in [3.8, 4) is 11.3 Å². The van der Waals surface area contributed by atoms with Crippen LogP contribution in [0.25, 0.3) is 42.2 Å². The molecule has 3 aromatic carbocycles. The van der Waals surface area contributed by atoms with Crippen molar-refractivity contribution in [3.63, 3.8) is 0 Å². The van der Waals surface area contributed by atoms with Crippen LogP contribution < -0.4 is 0 Å². The molecule has 0 bridgehead atoms. The summed E-state index contributed by atoms with van der Waals surface area (Å²) in [5, 5.41) is 5.25. The predicted octanol–water partition coefficient (Wildman–Crippen LogP) is 7.88. The van der Waals surface area contributed by atoms with Crippen molar-refractivity contribution >= 4 is 42.3 Å². The van der Waals surface area contributed by atoms with Gasteiger partial charge < -0.3 is 0 Å². The molecule has 0 unspecified atom stereocenters. The Labute approximate surface area is 169 Å². The van der Waals surface area contributed by atoms with Crippen LogP contribution >= 0.6 is 11.3 Å². The number of benzene rings is 3. The molecular formula is C26H23NS. The zero-order valence-electron chi connectivity index (χ0n) is 16.7. The predicted molar refractivity (Wildman–Crippen MR) is 124 cm³/mol. The van der Waals surface area contributed by atoms with Crippen molar-refractivity contribution in [1.29, 1.82) is 0 Å². The van der Waals surface area contributed by atoms with Crippen LogP contribution in [0.3, 0.4) is 0 Å². The van der Waals surface area contributed by atoms with Gasteiger partial charge in [-0.1, -0.05) is 56.7 Å². The molecule has 0 aliphatic rings. The molecule has 0 fully saturated rings. The lowest BCUT2D eigenvalue weighted by Crippen LogP contribution is -2.12. The van der Waals surface area contributed by atoms with Crippen molar-refractivity contribution in [2.24, 2.45) is 0 Å². The minimum Gasteiger partial charge on any atom is -0.255 e. The third kappa shape index (κ3) is 2.71. The summed E-state index contributed by atoms with van der Waals surface area (Å²) in [7, 11) is 0. The number of aryl methyl sites for hydroxylation is 1. The smallest absolute Gasteiger partial charge is 0.0880 e. The first-order valence-corrected chi connectivity index (χ1v) is 10.5. The Morgan fingerprint density at radius 3 is 2.46 bits per heavy atom. The lowest BCUT2D eigenvalue weighted by Gasteiger charge is -2.22. The van der Waals surface area contributed by atoms with Gasteiger partial charge in [0.25, 0.3) is 0 Å². The molecule has 0 atom stereocenters. The van der Waals surface area contributed by atoms with E-state index < -0.39 is 0 Å². The molecule has 28 heavy (non-hydrogen) atoms. The van der Waals surface area contributed by atoms with Gasteiger partial charge in [-0.05, 0) is 59.0 Å². The average Bonchev–Trinajstić information content (AvgIpc) is 3.04. The molecule has 2 aromatic heterocycles. The topological polar surface area (TPSA) is 12.9 Å². The van der Waals surface area contributed by atoms with Gasteiger partial charge in [0.2, 0.25) is 0 Å². The van der Waals surface area contributed by atoms with Gasteiger partial charge in [-0.3, -0.25) is 4.98 Å². The van der Waals surface area contributed by atoms with Gasteiger partial charge in [0, 0.05) is 27.2 Å². The van der Waals surface area contributed by atoms with E-state index in [1.807, 2.05) is 17.5 Å². The number of aromatic nitrogens is 1. The molecule has 2 heterocycles. The highest BCUT2D eigenvalue weighted by Crippen LogP contribution is 2.41. The molecule has 0 spiro atoms. The summed E-state index contributed by atoms with van der Waals surface area (Å²) in [6.07, 6.45) is 1.96. The number of hydrogen-bond donors (Lipinski definition) is 0. The van der Waals surface area contributed by atoms with Crippen molar-refractivity contribution in [3.05, 3.63) is 78.0 Å². The molecule has 2 heteroatoms. The molecule has 0 amide bonds. The van der Waals surface area contributed by atoms with Crippen LogP contribution in [0.2, 0.25) is 0 Å². The molecule has 0 aliphatic carbocycles. The number of thiophene rings is 1. The third-order valence-corrected chi connectivity index (χ3v) is 6.68. The molecule has 5 aromatic rings. The highest BCUT2D eigenvalue weighted by Gasteiger charge is 2.20. The SMILES string of the molecule is Cc1ccc2sc3c(-c4cc(C(C)(C)C)c5ccccc5c4)nccc3c2c1. The van der Waals surface area contributed by atoms with E-state index in [-0.39, 0.29) is 5.41 Å². The third-order valence-electron chi connectivity index (χ3n) is 5.49. The number of nitrogens with zero attached hydrogens (tertiary/aromatic N) is 1. The maximum Gasteiger partial charge on any atom is 0.0880 e. The maximum absolute atomic E-state index is 4.84. The fourth-order valence-electron chi connectivity index (χ4n) is 4.09. The first kappa shape index (κ1) is 17.4. The van der Waals surface area contributed by atoms with E-state index in [4.69, 9.17) is 4.98 Å². The normalized spacial score (nSPS) is 12.3. The van der Waals surface area contributed by atoms with Crippen LogP contribution in [0.15, 0.2) is 66.9 Å². The van der Waals surface area contributed by atoms with Crippen molar-refractivity contribution in [2.45, 2.75) is 33.1 Å². The van der Waals surface area contributed by atoms with E-state index in [1.54, 1.807) is 0 Å². The summed E-state index contributed by atoms with van der Waals surface area (Å²) in [5.41, 5.74) is 5.04. The quantitative estimate of drug-likeness (QED) is 0.288. The van der Waals surface area contributed by atoms with Crippen LogP contribution in [-0.4, -0.2) is 4.98 Å². The lowest BCUT2D eigenvalue weighted by molar-refractivity contribution is 0.596. The van der Waals surface area contributed by atoms with Crippen molar-refractivity contribution < 1.29 is 0 Å². The summed E-state index contributed by atoms with van der Waals surface area (Å²) in [6.45, 7) is 9.02. The molecule has 138 valence electrons. The van der Waals surface area contributed by atoms with Crippen LogP contribution in [0.5, 0.6) is 0 Å². The number of rotatable bonds is 1. The van der Waals surface area contributed by atoms with Gasteiger partial charge in [0.1, 0.15) is 0 Å². The second-order valence-corrected chi connectivity index (χ2v) is 9.69. The largest absolute Gasteiger partial charge is 0.255 e. The fraction of sp³-hybridized carbons (Fsp3) is 0.192. The summed E-state index contributed by atoms with van der Waals surface area (Å²) in [4.78, 5) is 4.84. The van der Waals surface area contributed by atoms with E-state index in [9.17, 15) is 0 Å². The van der Waals surface area contributed by atoms with Gasteiger partial charge in [-0.15, -0.1) is 11.3 Å². The minimum absolute atomic E-state index is 0.0702. The Bertz CT molecular complexity index is 1350. The lowest BCUT2D eigenvalue weighted by atomic mass is 9.82. The monoisotopic (exact) mass is 381 g/mol. The number of pyridine rings is 1. The Balaban J connectivity index is 1.85. The van der Waals surface area contributed by atoms with Crippen LogP contribution in [0, 0.1) is 6.92 Å². The average molecular weight is 382 g/mol. The Morgan fingerprint density at radius 2 is 1.64 bits per heavy atom. The zero-order chi connectivity index (χ0) is 19.5. The highest BCUT2D eigenvalue weighted by molar-refractivity contribution is 7.26. The standard InChI is InChI=1S/C26H23NS/c1-16-9-10-23-21(13-16)20-11-12-27-24(25(20)28-23)18-14-17-7-5-6-8-19(17)22(15-18)26(2,3)4/h5-15H,1-4H3. The molecular weight excluding hydrogens is 358 g/mol. The Hall–Kier alpha value is -2.71. The highest BCUT2D eigenvalue weighted by atomic mass is 32.1. The second kappa shape index (κ2) is 6.15. The summed E-state index contributed by atoms with van der Waals surface area (Å²) in [6, 6.07) is 22.2. The van der Waals surface area contributed by atoms with E-state index in [0.29, 0.717) is 0 Å². The van der Waals surface area contributed by atoms with E-state index >= 15 is 0 Å². The van der Waals surface area contributed by atoms with Crippen molar-refractivity contribution in [2.75, 3.05) is 0 Å². The summed E-state index contributed by atoms with van der Waals surface area (Å²) in [5.74, 6) is 0. The Morgan fingerprint density at radius 1 is 0.821 bits per heavy atom. The van der Waals surface area contributed by atoms with Gasteiger partial charge >= 0.3 is 0 Å². The fourth-order valence-corrected chi connectivity index (χ4v) is 5.28. The zero-order valence-corrected chi connectivity index (χ0v) is 17.5. The molecule has 0 radical (unpaired) electrons. The van der Waals surface area contributed by atoms with Gasteiger partial charge in [-0.2, -0.15) is 0 Å². The maximum atomic E-state index is 4.84. The minimum atomic E-state index is 0.0702. The molecule has 1 nitrogen and oxygen atoms in total. The number of hydrogen-bond acceptors (Lipinski definition) is 2. The first-order valence-electron chi connectivity index (χ1n) is 9.73. The van der Waals surface area contributed by atoms with E-state index in [1.165, 1.54) is 47.6 Å². The second-order valence-electron chi connectivity index (χ2n) is 8.63. The number of fused-ring (bicyclic) bond motifs is 4. The molecule has 0 saturated carbocycles. The van der Waals surface area contributed by atoms with E-state index in [0.717, 1.165) is 5.69 Å². The van der Waals surface area contributed by atoms with E-state index in [2.05, 4.69) is 88.4 Å². The molecule has 0 aliphatic heterocycles. The summed E-state index contributed by atoms with van der Waals surface area (Å²) >= 11 is 1.85. The van der Waals surface area contributed by atoms with Crippen LogP contribution in [-0.2, 0) is 5.41 Å². The van der Waals surface area contributed by atoms with Crippen LogP contribution in [0.1, 0.15) is 31.9 Å². The molecule has 0 N–H and O–H groups in total. The van der Waals surface area contributed by atoms with Gasteiger partial charge in [0.05, 0.1) is 10.4 Å². The first-order chi connectivity index (χ1) is 13.4. The van der Waals surface area contributed by atoms with Gasteiger partial charge in [-0.25, -0.2) is 0 Å². The molecule has 5 rings (SSSR count).